The highest BCUT2D eigenvalue weighted by Gasteiger charge is 2.28. The molecule has 0 saturated heterocycles. The number of hydrogen-bond acceptors (Lipinski definition) is 3. The Labute approximate surface area is 121 Å². The molecule has 5 heteroatoms. The maximum atomic E-state index is 13.7. The van der Waals surface area contributed by atoms with Crippen LogP contribution in [0.2, 0.25) is 0 Å². The number of rotatable bonds is 4. The number of nitrogens with one attached hydrogen (secondary N) is 1. The lowest BCUT2D eigenvalue weighted by atomic mass is 10.1. The van der Waals surface area contributed by atoms with E-state index in [9.17, 15) is 9.18 Å². The second-order valence-electron chi connectivity index (χ2n) is 5.48. The van der Waals surface area contributed by atoms with Gasteiger partial charge in [0.15, 0.2) is 0 Å². The molecule has 1 aliphatic rings. The first-order valence-electron chi connectivity index (χ1n) is 6.82. The summed E-state index contributed by atoms with van der Waals surface area (Å²) < 4.78 is 14.5. The summed E-state index contributed by atoms with van der Waals surface area (Å²) >= 11 is 1.24. The summed E-state index contributed by atoms with van der Waals surface area (Å²) in [7, 11) is 0. The maximum Gasteiger partial charge on any atom is 0.263 e. The van der Waals surface area contributed by atoms with Crippen LogP contribution >= 0.6 is 11.3 Å². The molecule has 106 valence electrons. The highest BCUT2D eigenvalue weighted by molar-refractivity contribution is 7.21. The van der Waals surface area contributed by atoms with Crippen LogP contribution in [0.15, 0.2) is 18.2 Å². The first-order chi connectivity index (χ1) is 9.58. The summed E-state index contributed by atoms with van der Waals surface area (Å²) in [4.78, 5) is 12.6. The molecule has 2 aromatic rings. The molecule has 1 atom stereocenters. The predicted octanol–water partition coefficient (Wildman–Crippen LogP) is 3.40. The lowest BCUT2D eigenvalue weighted by molar-refractivity contribution is 0.0951. The van der Waals surface area contributed by atoms with Crippen molar-refractivity contribution in [2.75, 3.05) is 12.3 Å². The molecule has 1 fully saturated rings. The van der Waals surface area contributed by atoms with E-state index in [2.05, 4.69) is 12.2 Å². The molecule has 1 amide bonds. The molecule has 3 nitrogen and oxygen atoms in total. The van der Waals surface area contributed by atoms with Gasteiger partial charge in [-0.25, -0.2) is 4.39 Å². The number of carbonyl (C=O) groups excluding carboxylic acids is 1. The molecule has 1 unspecified atom stereocenters. The van der Waals surface area contributed by atoms with Crippen molar-refractivity contribution < 1.29 is 9.18 Å². The average Bonchev–Trinajstić information content (AvgIpc) is 3.21. The molecule has 1 aromatic carbocycles. The number of carbonyl (C=O) groups is 1. The molecule has 3 N–H and O–H groups in total. The minimum atomic E-state index is -0.373. The Balaban J connectivity index is 1.80. The zero-order valence-electron chi connectivity index (χ0n) is 11.3. The second-order valence-corrected chi connectivity index (χ2v) is 6.53. The summed E-state index contributed by atoms with van der Waals surface area (Å²) in [5, 5.41) is 3.27. The fourth-order valence-corrected chi connectivity index (χ4v) is 3.52. The van der Waals surface area contributed by atoms with E-state index in [1.807, 2.05) is 0 Å². The number of anilines is 1. The molecule has 0 spiro atoms. The summed E-state index contributed by atoms with van der Waals surface area (Å²) in [6.07, 6.45) is 2.51. The third kappa shape index (κ3) is 2.38. The van der Waals surface area contributed by atoms with Crippen molar-refractivity contribution in [3.8, 4) is 0 Å². The van der Waals surface area contributed by atoms with Crippen LogP contribution in [0.25, 0.3) is 10.1 Å². The van der Waals surface area contributed by atoms with E-state index < -0.39 is 0 Å². The van der Waals surface area contributed by atoms with E-state index in [0.29, 0.717) is 27.4 Å². The number of nitrogen functional groups attached to an aromatic ring is 1. The molecule has 1 aliphatic carbocycles. The molecule has 20 heavy (non-hydrogen) atoms. The van der Waals surface area contributed by atoms with E-state index in [1.165, 1.54) is 30.2 Å². The number of halogens is 1. The van der Waals surface area contributed by atoms with Crippen molar-refractivity contribution in [2.45, 2.75) is 19.8 Å². The van der Waals surface area contributed by atoms with Crippen LogP contribution < -0.4 is 11.1 Å². The molecule has 1 saturated carbocycles. The number of hydrogen-bond donors (Lipinski definition) is 2. The van der Waals surface area contributed by atoms with Crippen LogP contribution in [-0.2, 0) is 0 Å². The fraction of sp³-hybridized carbons (Fsp3) is 0.400. The molecular weight excluding hydrogens is 275 g/mol. The van der Waals surface area contributed by atoms with Gasteiger partial charge in [0.05, 0.1) is 11.1 Å². The van der Waals surface area contributed by atoms with Gasteiger partial charge in [0, 0.05) is 11.2 Å². The Morgan fingerprint density at radius 2 is 2.30 bits per heavy atom. The topological polar surface area (TPSA) is 55.1 Å². The van der Waals surface area contributed by atoms with E-state index in [0.717, 1.165) is 5.92 Å². The van der Waals surface area contributed by atoms with Crippen molar-refractivity contribution in [3.05, 3.63) is 28.9 Å². The minimum absolute atomic E-state index is 0.199. The zero-order valence-corrected chi connectivity index (χ0v) is 12.1. The molecule has 3 rings (SSSR count). The van der Waals surface area contributed by atoms with Crippen LogP contribution in [0.5, 0.6) is 0 Å². The molecule has 0 radical (unpaired) electrons. The van der Waals surface area contributed by atoms with E-state index in [1.54, 1.807) is 12.1 Å². The molecule has 1 heterocycles. The Kier molecular flexibility index (Phi) is 3.38. The number of amides is 1. The summed E-state index contributed by atoms with van der Waals surface area (Å²) in [6, 6.07) is 4.77. The largest absolute Gasteiger partial charge is 0.397 e. The summed E-state index contributed by atoms with van der Waals surface area (Å²) in [5.74, 6) is 0.663. The first-order valence-corrected chi connectivity index (χ1v) is 7.64. The van der Waals surface area contributed by atoms with Gasteiger partial charge in [0.2, 0.25) is 0 Å². The van der Waals surface area contributed by atoms with Gasteiger partial charge in [-0.3, -0.25) is 4.79 Å². The number of benzene rings is 1. The highest BCUT2D eigenvalue weighted by Crippen LogP contribution is 2.37. The molecule has 0 aliphatic heterocycles. The number of nitrogens with two attached hydrogens (primary N) is 1. The van der Waals surface area contributed by atoms with Crippen molar-refractivity contribution in [2.24, 2.45) is 11.8 Å². The SMILES string of the molecule is CC(CNC(=O)c1sc2cccc(F)c2c1N)C1CC1. The van der Waals surface area contributed by atoms with Crippen molar-refractivity contribution >= 4 is 33.0 Å². The normalized spacial score (nSPS) is 16.3. The van der Waals surface area contributed by atoms with Gasteiger partial charge in [-0.2, -0.15) is 0 Å². The lowest BCUT2D eigenvalue weighted by Crippen LogP contribution is -2.28. The van der Waals surface area contributed by atoms with Crippen LogP contribution in [0.3, 0.4) is 0 Å². The summed E-state index contributed by atoms with van der Waals surface area (Å²) in [5.41, 5.74) is 6.18. The third-order valence-corrected chi connectivity index (χ3v) is 5.09. The smallest absolute Gasteiger partial charge is 0.263 e. The van der Waals surface area contributed by atoms with Gasteiger partial charge >= 0.3 is 0 Å². The lowest BCUT2D eigenvalue weighted by Gasteiger charge is -2.10. The first kappa shape index (κ1) is 13.4. The number of thiophene rings is 1. The van der Waals surface area contributed by atoms with Crippen LogP contribution in [0, 0.1) is 17.7 Å². The van der Waals surface area contributed by atoms with Crippen molar-refractivity contribution in [3.63, 3.8) is 0 Å². The van der Waals surface area contributed by atoms with Gasteiger partial charge in [-0.05, 0) is 36.8 Å². The molecular formula is C15H17FN2OS. The molecule has 1 aromatic heterocycles. The Bertz CT molecular complexity index is 663. The van der Waals surface area contributed by atoms with Crippen molar-refractivity contribution in [1.82, 2.24) is 5.32 Å². The average molecular weight is 292 g/mol. The zero-order chi connectivity index (χ0) is 14.3. The third-order valence-electron chi connectivity index (χ3n) is 3.92. The summed E-state index contributed by atoms with van der Waals surface area (Å²) in [6.45, 7) is 2.80. The highest BCUT2D eigenvalue weighted by atomic mass is 32.1. The maximum absolute atomic E-state index is 13.7. The van der Waals surface area contributed by atoms with Gasteiger partial charge in [0.1, 0.15) is 10.7 Å². The van der Waals surface area contributed by atoms with E-state index in [-0.39, 0.29) is 17.4 Å². The monoisotopic (exact) mass is 292 g/mol. The van der Waals surface area contributed by atoms with Gasteiger partial charge in [-0.1, -0.05) is 13.0 Å². The fourth-order valence-electron chi connectivity index (χ4n) is 2.46. The van der Waals surface area contributed by atoms with Gasteiger partial charge in [-0.15, -0.1) is 11.3 Å². The molecule has 0 bridgehead atoms. The number of fused-ring (bicyclic) bond motifs is 1. The quantitative estimate of drug-likeness (QED) is 0.907. The Morgan fingerprint density at radius 3 is 2.95 bits per heavy atom. The Hall–Kier alpha value is -1.62. The van der Waals surface area contributed by atoms with E-state index >= 15 is 0 Å². The van der Waals surface area contributed by atoms with Crippen molar-refractivity contribution in [1.29, 1.82) is 0 Å². The standard InChI is InChI=1S/C15H17FN2OS/c1-8(9-5-6-9)7-18-15(19)14-13(17)12-10(16)3-2-4-11(12)20-14/h2-4,8-9H,5-7,17H2,1H3,(H,18,19). The van der Waals surface area contributed by atoms with Gasteiger partial charge < -0.3 is 11.1 Å². The van der Waals surface area contributed by atoms with Crippen LogP contribution in [-0.4, -0.2) is 12.5 Å². The van der Waals surface area contributed by atoms with Gasteiger partial charge in [0.25, 0.3) is 5.91 Å². The Morgan fingerprint density at radius 1 is 1.55 bits per heavy atom. The van der Waals surface area contributed by atoms with Crippen LogP contribution in [0.4, 0.5) is 10.1 Å². The van der Waals surface area contributed by atoms with Crippen LogP contribution in [0.1, 0.15) is 29.4 Å². The second kappa shape index (κ2) is 5.05. The predicted molar refractivity (Wildman–Crippen MR) is 80.4 cm³/mol. The minimum Gasteiger partial charge on any atom is -0.397 e. The van der Waals surface area contributed by atoms with E-state index in [4.69, 9.17) is 5.73 Å².